The Bertz CT molecular complexity index is 125. The number of hydrogen-bond acceptors (Lipinski definition) is 2. The largest absolute Gasteiger partial charge is 0.391 e. The first-order chi connectivity index (χ1) is 5.11. The molecular weight excluding hydrogens is 138 g/mol. The van der Waals surface area contributed by atoms with Crippen LogP contribution in [0.5, 0.6) is 0 Å². The van der Waals surface area contributed by atoms with E-state index in [9.17, 15) is 5.11 Å². The van der Waals surface area contributed by atoms with E-state index < -0.39 is 0 Å². The highest BCUT2D eigenvalue weighted by molar-refractivity contribution is 4.86. The first-order valence-corrected chi connectivity index (χ1v) is 4.55. The third kappa shape index (κ3) is 2.17. The number of rotatable bonds is 2. The Morgan fingerprint density at radius 1 is 1.36 bits per heavy atom. The lowest BCUT2D eigenvalue weighted by Gasteiger charge is -2.22. The van der Waals surface area contributed by atoms with E-state index in [1.807, 2.05) is 0 Å². The second-order valence-electron chi connectivity index (χ2n) is 3.99. The van der Waals surface area contributed by atoms with Crippen molar-refractivity contribution in [1.29, 1.82) is 0 Å². The van der Waals surface area contributed by atoms with Gasteiger partial charge in [-0.25, -0.2) is 0 Å². The average Bonchev–Trinajstić information content (AvgIpc) is 2.34. The van der Waals surface area contributed by atoms with Crippen LogP contribution in [-0.4, -0.2) is 23.3 Å². The molecule has 2 unspecified atom stereocenters. The summed E-state index contributed by atoms with van der Waals surface area (Å²) in [4.78, 5) is 0. The van der Waals surface area contributed by atoms with Crippen molar-refractivity contribution in [1.82, 2.24) is 5.32 Å². The lowest BCUT2D eigenvalue weighted by atomic mass is 9.99. The van der Waals surface area contributed by atoms with Gasteiger partial charge in [-0.1, -0.05) is 13.8 Å². The minimum absolute atomic E-state index is 0.167. The molecule has 1 saturated heterocycles. The molecule has 0 bridgehead atoms. The molecular formula is C9H19NO. The topological polar surface area (TPSA) is 32.3 Å². The molecule has 0 aromatic heterocycles. The van der Waals surface area contributed by atoms with Crippen molar-refractivity contribution >= 4 is 0 Å². The van der Waals surface area contributed by atoms with Crippen LogP contribution >= 0.6 is 0 Å². The van der Waals surface area contributed by atoms with Crippen LogP contribution in [0, 0.1) is 5.92 Å². The first kappa shape index (κ1) is 9.01. The Labute approximate surface area is 69.0 Å². The van der Waals surface area contributed by atoms with E-state index in [4.69, 9.17) is 0 Å². The molecule has 3 atom stereocenters. The van der Waals surface area contributed by atoms with Gasteiger partial charge in [-0.3, -0.25) is 0 Å². The highest BCUT2D eigenvalue weighted by Crippen LogP contribution is 2.18. The minimum Gasteiger partial charge on any atom is -0.391 e. The maximum absolute atomic E-state index is 9.68. The van der Waals surface area contributed by atoms with E-state index in [0.29, 0.717) is 18.0 Å². The van der Waals surface area contributed by atoms with Gasteiger partial charge in [0, 0.05) is 12.1 Å². The second kappa shape index (κ2) is 3.55. The smallest absolute Gasteiger partial charge is 0.0716 e. The molecule has 0 spiro atoms. The fourth-order valence-electron chi connectivity index (χ4n) is 1.70. The summed E-state index contributed by atoms with van der Waals surface area (Å²) in [6.07, 6.45) is 2.16. The van der Waals surface area contributed by atoms with E-state index >= 15 is 0 Å². The van der Waals surface area contributed by atoms with Crippen molar-refractivity contribution in [2.24, 2.45) is 5.92 Å². The lowest BCUT2D eigenvalue weighted by molar-refractivity contribution is 0.0891. The summed E-state index contributed by atoms with van der Waals surface area (Å²) in [5, 5.41) is 13.1. The summed E-state index contributed by atoms with van der Waals surface area (Å²) in [6.45, 7) is 6.30. The molecule has 0 radical (unpaired) electrons. The van der Waals surface area contributed by atoms with Crippen molar-refractivity contribution < 1.29 is 5.11 Å². The molecule has 1 fully saturated rings. The molecule has 11 heavy (non-hydrogen) atoms. The van der Waals surface area contributed by atoms with Gasteiger partial charge in [-0.2, -0.15) is 0 Å². The predicted molar refractivity (Wildman–Crippen MR) is 46.5 cm³/mol. The fraction of sp³-hybridized carbons (Fsp3) is 1.00. The van der Waals surface area contributed by atoms with E-state index in [1.165, 1.54) is 6.42 Å². The third-order valence-electron chi connectivity index (χ3n) is 2.50. The van der Waals surface area contributed by atoms with Crippen LogP contribution in [0.25, 0.3) is 0 Å². The summed E-state index contributed by atoms with van der Waals surface area (Å²) in [5.74, 6) is 0.373. The average molecular weight is 157 g/mol. The Morgan fingerprint density at radius 3 is 2.36 bits per heavy atom. The van der Waals surface area contributed by atoms with Crippen LogP contribution in [0.4, 0.5) is 0 Å². The van der Waals surface area contributed by atoms with E-state index in [1.54, 1.807) is 0 Å². The molecule has 0 saturated carbocycles. The maximum atomic E-state index is 9.68. The summed E-state index contributed by atoms with van der Waals surface area (Å²) in [6, 6.07) is 0.929. The summed E-state index contributed by atoms with van der Waals surface area (Å²) >= 11 is 0. The number of aliphatic hydroxyl groups is 1. The molecule has 1 aliphatic rings. The normalized spacial score (nSPS) is 34.6. The van der Waals surface area contributed by atoms with Crippen LogP contribution < -0.4 is 5.32 Å². The lowest BCUT2D eigenvalue weighted by Crippen LogP contribution is -2.40. The zero-order valence-corrected chi connectivity index (χ0v) is 7.67. The van der Waals surface area contributed by atoms with Crippen molar-refractivity contribution in [2.75, 3.05) is 0 Å². The molecule has 1 heterocycles. The van der Waals surface area contributed by atoms with Gasteiger partial charge >= 0.3 is 0 Å². The van der Waals surface area contributed by atoms with Crippen LogP contribution in [0.3, 0.4) is 0 Å². The van der Waals surface area contributed by atoms with Crippen molar-refractivity contribution in [3.05, 3.63) is 0 Å². The van der Waals surface area contributed by atoms with E-state index in [-0.39, 0.29) is 6.10 Å². The van der Waals surface area contributed by atoms with Gasteiger partial charge in [0.2, 0.25) is 0 Å². The number of hydrogen-bond donors (Lipinski definition) is 2. The SMILES string of the molecule is CC1CCC([C@H](O)C(C)C)N1. The number of aliphatic hydroxyl groups excluding tert-OH is 1. The zero-order valence-electron chi connectivity index (χ0n) is 7.67. The summed E-state index contributed by atoms with van der Waals surface area (Å²) < 4.78 is 0. The van der Waals surface area contributed by atoms with Crippen molar-refractivity contribution in [2.45, 2.75) is 51.8 Å². The standard InChI is InChI=1S/C9H19NO/c1-6(2)9(11)8-5-4-7(3)10-8/h6-11H,4-5H2,1-3H3/t7?,8?,9-/m1/s1. The highest BCUT2D eigenvalue weighted by Gasteiger charge is 2.28. The Morgan fingerprint density at radius 2 is 2.00 bits per heavy atom. The van der Waals surface area contributed by atoms with Gasteiger partial charge in [0.25, 0.3) is 0 Å². The van der Waals surface area contributed by atoms with Gasteiger partial charge in [-0.15, -0.1) is 0 Å². The minimum atomic E-state index is -0.167. The molecule has 0 amide bonds. The van der Waals surface area contributed by atoms with Crippen LogP contribution in [0.15, 0.2) is 0 Å². The second-order valence-corrected chi connectivity index (χ2v) is 3.99. The molecule has 2 nitrogen and oxygen atoms in total. The monoisotopic (exact) mass is 157 g/mol. The molecule has 0 aromatic carbocycles. The van der Waals surface area contributed by atoms with Crippen LogP contribution in [0.2, 0.25) is 0 Å². The molecule has 1 aliphatic heterocycles. The molecule has 66 valence electrons. The molecule has 2 heteroatoms. The quantitative estimate of drug-likeness (QED) is 0.630. The Hall–Kier alpha value is -0.0800. The highest BCUT2D eigenvalue weighted by atomic mass is 16.3. The van der Waals surface area contributed by atoms with Crippen LogP contribution in [0.1, 0.15) is 33.6 Å². The maximum Gasteiger partial charge on any atom is 0.0716 e. The van der Waals surface area contributed by atoms with Gasteiger partial charge in [0.1, 0.15) is 0 Å². The molecule has 0 aliphatic carbocycles. The Balaban J connectivity index is 2.36. The summed E-state index contributed by atoms with van der Waals surface area (Å²) in [7, 11) is 0. The van der Waals surface area contributed by atoms with Gasteiger partial charge in [0.05, 0.1) is 6.10 Å². The Kier molecular flexibility index (Phi) is 2.90. The molecule has 1 rings (SSSR count). The van der Waals surface area contributed by atoms with Gasteiger partial charge in [-0.05, 0) is 25.7 Å². The zero-order chi connectivity index (χ0) is 8.43. The number of nitrogens with one attached hydrogen (secondary N) is 1. The van der Waals surface area contributed by atoms with Gasteiger partial charge in [0.15, 0.2) is 0 Å². The van der Waals surface area contributed by atoms with Crippen LogP contribution in [-0.2, 0) is 0 Å². The predicted octanol–water partition coefficient (Wildman–Crippen LogP) is 1.14. The first-order valence-electron chi connectivity index (χ1n) is 4.55. The fourth-order valence-corrected chi connectivity index (χ4v) is 1.70. The van der Waals surface area contributed by atoms with E-state index in [2.05, 4.69) is 26.1 Å². The van der Waals surface area contributed by atoms with Crippen molar-refractivity contribution in [3.63, 3.8) is 0 Å². The third-order valence-corrected chi connectivity index (χ3v) is 2.50. The van der Waals surface area contributed by atoms with Crippen molar-refractivity contribution in [3.8, 4) is 0 Å². The van der Waals surface area contributed by atoms with Gasteiger partial charge < -0.3 is 10.4 Å². The summed E-state index contributed by atoms with van der Waals surface area (Å²) in [5.41, 5.74) is 0. The molecule has 0 aromatic rings. The molecule has 2 N–H and O–H groups in total. The van der Waals surface area contributed by atoms with E-state index in [0.717, 1.165) is 6.42 Å².